The Bertz CT molecular complexity index is 793. The summed E-state index contributed by atoms with van der Waals surface area (Å²) < 4.78 is 0. The van der Waals surface area contributed by atoms with Gasteiger partial charge in [-0.15, -0.1) is 0 Å². The van der Waals surface area contributed by atoms with Gasteiger partial charge in [-0.3, -0.25) is 20.0 Å². The Morgan fingerprint density at radius 3 is 2.68 bits per heavy atom. The first-order valence-corrected chi connectivity index (χ1v) is 9.55. The highest BCUT2D eigenvalue weighted by molar-refractivity contribution is 5.71. The van der Waals surface area contributed by atoms with Crippen molar-refractivity contribution >= 4 is 12.4 Å². The van der Waals surface area contributed by atoms with Crippen LogP contribution in [-0.4, -0.2) is 75.4 Å². The first-order chi connectivity index (χ1) is 13.9. The van der Waals surface area contributed by atoms with Gasteiger partial charge in [-0.1, -0.05) is 18.2 Å². The van der Waals surface area contributed by atoms with Gasteiger partial charge in [0, 0.05) is 62.7 Å². The van der Waals surface area contributed by atoms with Crippen LogP contribution in [0.15, 0.2) is 83.6 Å². The summed E-state index contributed by atoms with van der Waals surface area (Å²) in [6.45, 7) is 2.96. The maximum atomic E-state index is 4.46. The number of nitrogens with one attached hydrogen (secondary N) is 1. The Balaban J connectivity index is 1.62. The number of allylic oxidation sites excluding steroid dienone is 3. The third-order valence-corrected chi connectivity index (χ3v) is 5.42. The lowest BCUT2D eigenvalue weighted by atomic mass is 10.1. The maximum Gasteiger partial charge on any atom is 0.247 e. The fraction of sp³-hybridized carbons (Fsp3) is 0.300. The molecule has 5 aliphatic heterocycles. The van der Waals surface area contributed by atoms with E-state index in [-0.39, 0.29) is 6.04 Å². The largest absolute Gasteiger partial charge is 0.358 e. The van der Waals surface area contributed by atoms with E-state index in [9.17, 15) is 0 Å². The maximum absolute atomic E-state index is 4.46. The van der Waals surface area contributed by atoms with Crippen LogP contribution in [0, 0.1) is 0 Å². The molecule has 8 nitrogen and oxygen atoms in total. The smallest absolute Gasteiger partial charge is 0.247 e. The van der Waals surface area contributed by atoms with Crippen molar-refractivity contribution in [3.63, 3.8) is 0 Å². The van der Waals surface area contributed by atoms with Crippen LogP contribution in [0.2, 0.25) is 0 Å². The van der Waals surface area contributed by atoms with E-state index >= 15 is 0 Å². The van der Waals surface area contributed by atoms with Gasteiger partial charge in [0.05, 0.1) is 6.54 Å². The first kappa shape index (κ1) is 16.9. The molecule has 1 N–H and O–H groups in total. The number of nitrogens with zero attached hydrogens (tertiary/aromatic N) is 7. The van der Waals surface area contributed by atoms with E-state index in [0.717, 1.165) is 19.6 Å². The van der Waals surface area contributed by atoms with Gasteiger partial charge in [0.2, 0.25) is 5.79 Å². The van der Waals surface area contributed by atoms with Crippen LogP contribution >= 0.6 is 0 Å². The molecule has 2 unspecified atom stereocenters. The van der Waals surface area contributed by atoms with E-state index in [1.807, 2.05) is 24.7 Å². The number of rotatable bonds is 4. The van der Waals surface area contributed by atoms with E-state index in [0.29, 0.717) is 6.67 Å². The molecule has 0 bridgehead atoms. The zero-order valence-electron chi connectivity index (χ0n) is 15.6. The molecule has 28 heavy (non-hydrogen) atoms. The third kappa shape index (κ3) is 2.56. The van der Waals surface area contributed by atoms with Crippen LogP contribution < -0.4 is 5.43 Å². The van der Waals surface area contributed by atoms with E-state index in [4.69, 9.17) is 0 Å². The van der Waals surface area contributed by atoms with E-state index in [2.05, 4.69) is 102 Å². The van der Waals surface area contributed by atoms with Crippen molar-refractivity contribution in [1.82, 2.24) is 30.3 Å². The molecule has 8 heteroatoms. The van der Waals surface area contributed by atoms with Gasteiger partial charge in [-0.25, -0.2) is 10.4 Å². The van der Waals surface area contributed by atoms with Gasteiger partial charge >= 0.3 is 0 Å². The lowest BCUT2D eigenvalue weighted by molar-refractivity contribution is -0.202. The Morgan fingerprint density at radius 1 is 0.964 bits per heavy atom. The highest BCUT2D eigenvalue weighted by atomic mass is 15.8. The number of hydrazine groups is 2. The molecule has 2 atom stereocenters. The first-order valence-electron chi connectivity index (χ1n) is 9.55. The van der Waals surface area contributed by atoms with Gasteiger partial charge in [0.25, 0.3) is 0 Å². The van der Waals surface area contributed by atoms with Crippen molar-refractivity contribution in [3.8, 4) is 0 Å². The molecule has 5 heterocycles. The lowest BCUT2D eigenvalue weighted by Crippen LogP contribution is -2.76. The zero-order chi connectivity index (χ0) is 18.8. The van der Waals surface area contributed by atoms with E-state index in [1.165, 1.54) is 0 Å². The van der Waals surface area contributed by atoms with Crippen LogP contribution in [0.3, 0.4) is 0 Å². The molecule has 0 saturated carbocycles. The molecule has 0 saturated heterocycles. The van der Waals surface area contributed by atoms with E-state index in [1.54, 1.807) is 0 Å². The van der Waals surface area contributed by atoms with Crippen LogP contribution in [-0.2, 0) is 0 Å². The van der Waals surface area contributed by atoms with Gasteiger partial charge < -0.3 is 9.80 Å². The minimum absolute atomic E-state index is 0.0567. The Labute approximate surface area is 165 Å². The molecule has 5 rings (SSSR count). The summed E-state index contributed by atoms with van der Waals surface area (Å²) in [4.78, 5) is 13.4. The highest BCUT2D eigenvalue weighted by Crippen LogP contribution is 2.40. The van der Waals surface area contributed by atoms with E-state index < -0.39 is 5.79 Å². The molecule has 0 aliphatic carbocycles. The Morgan fingerprint density at radius 2 is 1.96 bits per heavy atom. The van der Waals surface area contributed by atoms with Gasteiger partial charge in [-0.05, 0) is 18.2 Å². The molecular formula is C20H24N8. The quantitative estimate of drug-likeness (QED) is 0.796. The standard InChI is InChI=1S/C20H24N8/c1-2-11-25(12-3-1)20(27-14-5-8-23-27)19(24-16-9-21-10-17-24)6-15-28(20)26-13-4-7-22-18-26/h1-7,9-11,13-16,19,23H,8,12,17-18H2. The summed E-state index contributed by atoms with van der Waals surface area (Å²) in [6.07, 6.45) is 29.0. The average Bonchev–Trinajstić information content (AvgIpc) is 3.44. The fourth-order valence-corrected chi connectivity index (χ4v) is 4.25. The third-order valence-electron chi connectivity index (χ3n) is 5.42. The molecule has 144 valence electrons. The van der Waals surface area contributed by atoms with Crippen molar-refractivity contribution in [2.75, 3.05) is 26.3 Å². The summed E-state index contributed by atoms with van der Waals surface area (Å²) in [5.74, 6) is -0.541. The van der Waals surface area contributed by atoms with Gasteiger partial charge in [0.1, 0.15) is 12.7 Å². The second-order valence-corrected chi connectivity index (χ2v) is 6.94. The predicted molar refractivity (Wildman–Crippen MR) is 110 cm³/mol. The molecule has 0 aromatic carbocycles. The molecule has 0 fully saturated rings. The van der Waals surface area contributed by atoms with Gasteiger partial charge in [-0.2, -0.15) is 0 Å². The molecule has 5 aliphatic rings. The highest BCUT2D eigenvalue weighted by Gasteiger charge is 2.57. The van der Waals surface area contributed by atoms with Crippen LogP contribution in [0.4, 0.5) is 0 Å². The van der Waals surface area contributed by atoms with Crippen molar-refractivity contribution in [3.05, 3.63) is 73.7 Å². The molecule has 0 spiro atoms. The summed E-state index contributed by atoms with van der Waals surface area (Å²) >= 11 is 0. The fourth-order valence-electron chi connectivity index (χ4n) is 4.25. The summed E-state index contributed by atoms with van der Waals surface area (Å²) in [5, 5.41) is 6.64. The zero-order valence-corrected chi connectivity index (χ0v) is 15.6. The lowest BCUT2D eigenvalue weighted by Gasteiger charge is -2.58. The SMILES string of the molecule is C1=CCN(C2(N3C=CCN3)C(N3C=CN=CC3)C=CN2N2C=CC=NC2)C=C1. The second-order valence-electron chi connectivity index (χ2n) is 6.94. The number of hydrogen-bond acceptors (Lipinski definition) is 8. The second kappa shape index (κ2) is 7.05. The normalized spacial score (nSPS) is 30.6. The van der Waals surface area contributed by atoms with Crippen molar-refractivity contribution in [2.45, 2.75) is 11.8 Å². The molecule has 0 aromatic heterocycles. The minimum Gasteiger partial charge on any atom is -0.358 e. The monoisotopic (exact) mass is 376 g/mol. The topological polar surface area (TPSA) is 53.0 Å². The van der Waals surface area contributed by atoms with Gasteiger partial charge in [0.15, 0.2) is 0 Å². The van der Waals surface area contributed by atoms with Crippen molar-refractivity contribution in [1.29, 1.82) is 0 Å². The molecule has 0 aromatic rings. The summed E-state index contributed by atoms with van der Waals surface area (Å²) in [7, 11) is 0. The predicted octanol–water partition coefficient (Wildman–Crippen LogP) is 1.19. The van der Waals surface area contributed by atoms with Crippen molar-refractivity contribution in [2.24, 2.45) is 9.98 Å². The van der Waals surface area contributed by atoms with Crippen molar-refractivity contribution < 1.29 is 0 Å². The Kier molecular flexibility index (Phi) is 4.25. The number of hydrogen-bond donors (Lipinski definition) is 1. The Hall–Kier alpha value is -3.26. The molecule has 0 radical (unpaired) electrons. The van der Waals surface area contributed by atoms with Crippen LogP contribution in [0.1, 0.15) is 0 Å². The minimum atomic E-state index is -0.541. The van der Waals surface area contributed by atoms with Crippen LogP contribution in [0.5, 0.6) is 0 Å². The number of aliphatic imine (C=N–C) groups is 2. The summed E-state index contributed by atoms with van der Waals surface area (Å²) in [6, 6.07) is 0.0567. The molecule has 0 amide bonds. The molecular weight excluding hydrogens is 352 g/mol. The average molecular weight is 376 g/mol. The van der Waals surface area contributed by atoms with Crippen LogP contribution in [0.25, 0.3) is 0 Å². The summed E-state index contributed by atoms with van der Waals surface area (Å²) in [5.41, 5.74) is 3.54.